The molecule has 22 heavy (non-hydrogen) atoms. The lowest BCUT2D eigenvalue weighted by molar-refractivity contribution is -0.137. The summed E-state index contributed by atoms with van der Waals surface area (Å²) in [6, 6.07) is 0. The molecule has 0 spiro atoms. The second-order valence-electron chi connectivity index (χ2n) is 7.04. The van der Waals surface area contributed by atoms with Crippen molar-refractivity contribution in [1.82, 2.24) is 5.32 Å². The molecule has 3 nitrogen and oxygen atoms in total. The van der Waals surface area contributed by atoms with Crippen LogP contribution < -0.4 is 5.32 Å². The molecule has 0 saturated heterocycles. The number of carboxylic acid groups (broad SMARTS) is 1. The molecule has 0 amide bonds. The van der Waals surface area contributed by atoms with Gasteiger partial charge in [0.05, 0.1) is 0 Å². The lowest BCUT2D eigenvalue weighted by Crippen LogP contribution is -2.21. The summed E-state index contributed by atoms with van der Waals surface area (Å²) in [5, 5.41) is 12.2. The third-order valence-electron chi connectivity index (χ3n) is 5.18. The van der Waals surface area contributed by atoms with Crippen LogP contribution >= 0.6 is 0 Å². The van der Waals surface area contributed by atoms with Gasteiger partial charge in [-0.3, -0.25) is 4.79 Å². The molecular weight excluding hydrogens is 274 g/mol. The van der Waals surface area contributed by atoms with Gasteiger partial charge < -0.3 is 10.4 Å². The van der Waals surface area contributed by atoms with E-state index in [4.69, 9.17) is 5.11 Å². The second-order valence-corrected chi connectivity index (χ2v) is 7.04. The van der Waals surface area contributed by atoms with Gasteiger partial charge in [-0.15, -0.1) is 0 Å². The molecule has 0 heterocycles. The van der Waals surface area contributed by atoms with Crippen molar-refractivity contribution >= 4 is 5.97 Å². The number of unbranched alkanes of at least 4 members (excludes halogenated alkanes) is 5. The molecule has 1 aliphatic rings. The zero-order chi connectivity index (χ0) is 16.0. The first kappa shape index (κ1) is 19.5. The van der Waals surface area contributed by atoms with E-state index in [1.54, 1.807) is 0 Å². The average Bonchev–Trinajstić information content (AvgIpc) is 2.93. The van der Waals surface area contributed by atoms with Crippen molar-refractivity contribution < 1.29 is 9.90 Å². The first-order valence-corrected chi connectivity index (χ1v) is 9.66. The standard InChI is InChI=1S/C19H37NO2/c1-2-3-8-15-20-16-14-18-12-9-11-17(18)10-6-4-5-7-13-19(21)22/h17-18,20H,2-16H2,1H3,(H,21,22)/t17-,18+/m0/s1. The van der Waals surface area contributed by atoms with Crippen LogP contribution in [0.5, 0.6) is 0 Å². The smallest absolute Gasteiger partial charge is 0.303 e. The average molecular weight is 312 g/mol. The molecule has 3 heteroatoms. The largest absolute Gasteiger partial charge is 0.481 e. The molecule has 0 unspecified atom stereocenters. The molecule has 0 aromatic heterocycles. The highest BCUT2D eigenvalue weighted by Crippen LogP contribution is 2.37. The Morgan fingerprint density at radius 3 is 2.41 bits per heavy atom. The molecule has 0 bridgehead atoms. The number of carboxylic acids is 1. The molecule has 1 fully saturated rings. The Labute approximate surface area is 137 Å². The normalized spacial score (nSPS) is 21.3. The van der Waals surface area contributed by atoms with E-state index >= 15 is 0 Å². The van der Waals surface area contributed by atoms with Gasteiger partial charge in [0.15, 0.2) is 0 Å². The maximum atomic E-state index is 10.5. The first-order chi connectivity index (χ1) is 10.7. The number of hydrogen-bond acceptors (Lipinski definition) is 2. The van der Waals surface area contributed by atoms with E-state index < -0.39 is 5.97 Å². The van der Waals surface area contributed by atoms with Crippen molar-refractivity contribution in [3.63, 3.8) is 0 Å². The van der Waals surface area contributed by atoms with E-state index in [2.05, 4.69) is 12.2 Å². The van der Waals surface area contributed by atoms with Crippen LogP contribution in [0.15, 0.2) is 0 Å². The van der Waals surface area contributed by atoms with Crippen LogP contribution in [0, 0.1) is 11.8 Å². The molecule has 1 saturated carbocycles. The lowest BCUT2D eigenvalue weighted by Gasteiger charge is -2.19. The maximum absolute atomic E-state index is 10.5. The fourth-order valence-electron chi connectivity index (χ4n) is 3.82. The number of hydrogen-bond donors (Lipinski definition) is 2. The summed E-state index contributed by atoms with van der Waals surface area (Å²) in [6.45, 7) is 4.64. The van der Waals surface area contributed by atoms with Gasteiger partial charge in [0, 0.05) is 6.42 Å². The predicted octanol–water partition coefficient (Wildman–Crippen LogP) is 5.00. The van der Waals surface area contributed by atoms with Crippen LogP contribution in [0.1, 0.15) is 90.4 Å². The van der Waals surface area contributed by atoms with Gasteiger partial charge in [0.2, 0.25) is 0 Å². The van der Waals surface area contributed by atoms with E-state index in [1.807, 2.05) is 0 Å². The quantitative estimate of drug-likeness (QED) is 0.444. The Morgan fingerprint density at radius 2 is 1.68 bits per heavy atom. The maximum Gasteiger partial charge on any atom is 0.303 e. The van der Waals surface area contributed by atoms with Crippen LogP contribution in [-0.4, -0.2) is 24.2 Å². The highest BCUT2D eigenvalue weighted by atomic mass is 16.4. The minimum atomic E-state index is -0.651. The van der Waals surface area contributed by atoms with Crippen molar-refractivity contribution in [2.45, 2.75) is 90.4 Å². The molecule has 0 aromatic carbocycles. The third-order valence-corrected chi connectivity index (χ3v) is 5.18. The van der Waals surface area contributed by atoms with Gasteiger partial charge in [-0.25, -0.2) is 0 Å². The zero-order valence-corrected chi connectivity index (χ0v) is 14.6. The summed E-state index contributed by atoms with van der Waals surface area (Å²) in [6.07, 6.45) is 15.8. The number of nitrogens with one attached hydrogen (secondary N) is 1. The van der Waals surface area contributed by atoms with Gasteiger partial charge in [0.1, 0.15) is 0 Å². The summed E-state index contributed by atoms with van der Waals surface area (Å²) in [5.74, 6) is 1.23. The van der Waals surface area contributed by atoms with E-state index in [9.17, 15) is 4.79 Å². The number of aliphatic carboxylic acids is 1. The predicted molar refractivity (Wildman–Crippen MR) is 93.2 cm³/mol. The van der Waals surface area contributed by atoms with Crippen molar-refractivity contribution in [2.24, 2.45) is 11.8 Å². The monoisotopic (exact) mass is 311 g/mol. The molecule has 0 radical (unpaired) electrons. The second kappa shape index (κ2) is 12.9. The first-order valence-electron chi connectivity index (χ1n) is 9.66. The van der Waals surface area contributed by atoms with Crippen molar-refractivity contribution in [1.29, 1.82) is 0 Å². The van der Waals surface area contributed by atoms with Crippen molar-refractivity contribution in [3.8, 4) is 0 Å². The minimum Gasteiger partial charge on any atom is -0.481 e. The van der Waals surface area contributed by atoms with E-state index in [0.29, 0.717) is 6.42 Å². The fourth-order valence-corrected chi connectivity index (χ4v) is 3.82. The Hall–Kier alpha value is -0.570. The molecule has 0 aliphatic heterocycles. The van der Waals surface area contributed by atoms with Gasteiger partial charge in [-0.2, -0.15) is 0 Å². The van der Waals surface area contributed by atoms with Crippen LogP contribution in [0.25, 0.3) is 0 Å². The lowest BCUT2D eigenvalue weighted by atomic mass is 9.88. The molecule has 1 aliphatic carbocycles. The van der Waals surface area contributed by atoms with Crippen molar-refractivity contribution in [3.05, 3.63) is 0 Å². The number of rotatable bonds is 14. The molecule has 1 rings (SSSR count). The van der Waals surface area contributed by atoms with E-state index in [0.717, 1.165) is 24.7 Å². The van der Waals surface area contributed by atoms with Gasteiger partial charge in [0.25, 0.3) is 0 Å². The Morgan fingerprint density at radius 1 is 0.955 bits per heavy atom. The van der Waals surface area contributed by atoms with Crippen molar-refractivity contribution in [2.75, 3.05) is 13.1 Å². The Bertz CT molecular complexity index is 281. The molecule has 130 valence electrons. The van der Waals surface area contributed by atoms with Gasteiger partial charge >= 0.3 is 5.97 Å². The summed E-state index contributed by atoms with van der Waals surface area (Å²) in [7, 11) is 0. The Balaban J connectivity index is 1.99. The highest BCUT2D eigenvalue weighted by Gasteiger charge is 2.25. The van der Waals surface area contributed by atoms with Crippen LogP contribution in [0.3, 0.4) is 0 Å². The molecule has 2 atom stereocenters. The number of carbonyl (C=O) groups is 1. The molecular formula is C19H37NO2. The molecule has 0 aromatic rings. The van der Waals surface area contributed by atoms with E-state index in [1.165, 1.54) is 77.3 Å². The molecule has 2 N–H and O–H groups in total. The summed E-state index contributed by atoms with van der Waals surface area (Å²) in [4.78, 5) is 10.5. The van der Waals surface area contributed by atoms with Gasteiger partial charge in [-0.05, 0) is 44.2 Å². The fraction of sp³-hybridized carbons (Fsp3) is 0.947. The Kier molecular flexibility index (Phi) is 11.4. The SMILES string of the molecule is CCCCCNCC[C@H]1CCC[C@@H]1CCCCCCC(=O)O. The minimum absolute atomic E-state index is 0.343. The van der Waals surface area contributed by atoms with Crippen LogP contribution in [-0.2, 0) is 4.79 Å². The van der Waals surface area contributed by atoms with E-state index in [-0.39, 0.29) is 0 Å². The summed E-state index contributed by atoms with van der Waals surface area (Å²) < 4.78 is 0. The van der Waals surface area contributed by atoms with Crippen LogP contribution in [0.2, 0.25) is 0 Å². The highest BCUT2D eigenvalue weighted by molar-refractivity contribution is 5.66. The van der Waals surface area contributed by atoms with Crippen LogP contribution in [0.4, 0.5) is 0 Å². The topological polar surface area (TPSA) is 49.3 Å². The summed E-state index contributed by atoms with van der Waals surface area (Å²) >= 11 is 0. The van der Waals surface area contributed by atoms with Gasteiger partial charge in [-0.1, -0.05) is 64.7 Å². The summed E-state index contributed by atoms with van der Waals surface area (Å²) in [5.41, 5.74) is 0. The third kappa shape index (κ3) is 9.45. The zero-order valence-electron chi connectivity index (χ0n) is 14.6.